The molecule has 1 rings (SSSR count). The van der Waals surface area contributed by atoms with Gasteiger partial charge in [0.25, 0.3) is 5.15 Å². The Labute approximate surface area is 101 Å². The minimum atomic E-state index is -6.09. The quantitative estimate of drug-likeness (QED) is 0.323. The summed E-state index contributed by atoms with van der Waals surface area (Å²) in [7, 11) is -6.09. The van der Waals surface area contributed by atoms with Gasteiger partial charge in [0.2, 0.25) is 0 Å². The lowest BCUT2D eigenvalue weighted by atomic mass is 10.5. The van der Waals surface area contributed by atoms with Crippen molar-refractivity contribution in [3.05, 3.63) is 29.5 Å². The van der Waals surface area contributed by atoms with E-state index in [4.69, 9.17) is 24.6 Å². The monoisotopic (exact) mass is 298 g/mol. The molecule has 0 radical (unpaired) electrons. The molecule has 0 aliphatic heterocycles. The molecule has 0 saturated heterocycles. The average molecular weight is 299 g/mol. The zero-order valence-electron chi connectivity index (χ0n) is 7.33. The van der Waals surface area contributed by atoms with Gasteiger partial charge < -0.3 is 17.0 Å². The van der Waals surface area contributed by atoms with Gasteiger partial charge in [0.15, 0.2) is 16.3 Å². The van der Waals surface area contributed by atoms with Crippen LogP contribution in [0.5, 0.6) is 0 Å². The molecular formula is C6H5Cl2F3NO3S-. The van der Waals surface area contributed by atoms with Gasteiger partial charge in [-0.2, -0.15) is 13.2 Å². The molecule has 0 amide bonds. The third-order valence-electron chi connectivity index (χ3n) is 0.955. The Morgan fingerprint density at radius 2 is 1.75 bits per heavy atom. The molecule has 0 aliphatic carbocycles. The minimum Gasteiger partial charge on any atom is -1.00 e. The fourth-order valence-corrected chi connectivity index (χ4v) is 0.507. The molecule has 0 aromatic carbocycles. The molecule has 0 aliphatic rings. The Hall–Kier alpha value is -0.570. The number of aromatic amines is 1. The fourth-order valence-electron chi connectivity index (χ4n) is 0.371. The van der Waals surface area contributed by atoms with Gasteiger partial charge in [-0.05, 0) is 17.7 Å². The first-order valence-corrected chi connectivity index (χ1v) is 5.07. The van der Waals surface area contributed by atoms with Crippen LogP contribution < -0.4 is 17.4 Å². The summed E-state index contributed by atoms with van der Waals surface area (Å²) in [5.41, 5.74) is -5.65. The van der Waals surface area contributed by atoms with Crippen molar-refractivity contribution in [1.29, 1.82) is 0 Å². The van der Waals surface area contributed by atoms with Crippen LogP contribution in [0, 0.1) is 0 Å². The molecule has 0 fully saturated rings. The molecule has 0 bridgehead atoms. The second kappa shape index (κ2) is 6.89. The number of alkyl halides is 3. The van der Waals surface area contributed by atoms with Crippen LogP contribution in [0.15, 0.2) is 24.4 Å². The number of H-pyrrole nitrogens is 1. The maximum absolute atomic E-state index is 10.7. The van der Waals surface area contributed by atoms with Crippen molar-refractivity contribution in [1.82, 2.24) is 0 Å². The van der Waals surface area contributed by atoms with E-state index in [1.807, 2.05) is 12.1 Å². The number of halogens is 5. The maximum Gasteiger partial charge on any atom is 0.485 e. The molecule has 1 N–H and O–H groups in total. The highest BCUT2D eigenvalue weighted by Crippen LogP contribution is 2.20. The summed E-state index contributed by atoms with van der Waals surface area (Å²) >= 11 is 5.48. The SMILES string of the molecule is Clc1cccc[nH+]1.O=S(=O)([O-])C(F)(F)F.[Cl-]. The van der Waals surface area contributed by atoms with E-state index < -0.39 is 15.6 Å². The Morgan fingerprint density at radius 1 is 1.31 bits per heavy atom. The number of hydrogen-bond donors (Lipinski definition) is 0. The van der Waals surface area contributed by atoms with Crippen LogP contribution in [-0.4, -0.2) is 18.5 Å². The van der Waals surface area contributed by atoms with E-state index in [0.29, 0.717) is 5.15 Å². The zero-order chi connectivity index (χ0) is 12.1. The molecular weight excluding hydrogens is 294 g/mol. The first-order valence-electron chi connectivity index (χ1n) is 3.29. The Bertz CT molecular complexity index is 395. The average Bonchev–Trinajstić information content (AvgIpc) is 2.02. The van der Waals surface area contributed by atoms with Crippen molar-refractivity contribution in [2.24, 2.45) is 0 Å². The second-order valence-corrected chi connectivity index (χ2v) is 3.89. The number of rotatable bonds is 0. The van der Waals surface area contributed by atoms with Gasteiger partial charge in [-0.15, -0.1) is 0 Å². The molecule has 4 nitrogen and oxygen atoms in total. The lowest BCUT2D eigenvalue weighted by molar-refractivity contribution is -0.375. The van der Waals surface area contributed by atoms with Crippen molar-refractivity contribution in [3.8, 4) is 0 Å². The molecule has 0 unspecified atom stereocenters. The summed E-state index contributed by atoms with van der Waals surface area (Å²) < 4.78 is 58.9. The molecule has 0 atom stereocenters. The standard InChI is InChI=1S/C5H4ClN.CHF3O3S.ClH/c6-5-3-1-2-4-7-5;2-1(3,4)8(5,6)7;/h1-4H;(H,5,6,7);1H/p-1. The molecule has 1 aromatic heterocycles. The molecule has 1 heterocycles. The van der Waals surface area contributed by atoms with Crippen molar-refractivity contribution in [3.63, 3.8) is 0 Å². The fraction of sp³-hybridized carbons (Fsp3) is 0.167. The van der Waals surface area contributed by atoms with Crippen molar-refractivity contribution < 1.29 is 43.5 Å². The predicted octanol–water partition coefficient (Wildman–Crippen LogP) is -1.79. The minimum absolute atomic E-state index is 0. The largest absolute Gasteiger partial charge is 1.00 e. The maximum atomic E-state index is 10.7. The van der Waals surface area contributed by atoms with Gasteiger partial charge in [-0.25, -0.2) is 13.4 Å². The van der Waals surface area contributed by atoms with E-state index >= 15 is 0 Å². The topological polar surface area (TPSA) is 71.3 Å². The van der Waals surface area contributed by atoms with Gasteiger partial charge in [-0.1, -0.05) is 0 Å². The highest BCUT2D eigenvalue weighted by molar-refractivity contribution is 7.86. The van der Waals surface area contributed by atoms with E-state index in [1.54, 1.807) is 12.3 Å². The van der Waals surface area contributed by atoms with Gasteiger partial charge >= 0.3 is 5.51 Å². The molecule has 0 saturated carbocycles. The first-order chi connectivity index (χ1) is 6.64. The van der Waals surface area contributed by atoms with Crippen LogP contribution in [-0.2, 0) is 10.1 Å². The Kier molecular flexibility index (Phi) is 7.68. The summed E-state index contributed by atoms with van der Waals surface area (Å²) in [5.74, 6) is 0. The highest BCUT2D eigenvalue weighted by atomic mass is 35.5. The zero-order valence-corrected chi connectivity index (χ0v) is 9.66. The predicted molar refractivity (Wildman–Crippen MR) is 43.8 cm³/mol. The van der Waals surface area contributed by atoms with Gasteiger partial charge in [-0.3, -0.25) is 0 Å². The van der Waals surface area contributed by atoms with Crippen molar-refractivity contribution in [2.45, 2.75) is 5.51 Å². The number of nitrogens with one attached hydrogen (secondary N) is 1. The Balaban J connectivity index is 0. The van der Waals surface area contributed by atoms with E-state index in [0.717, 1.165) is 0 Å². The number of hydrogen-bond acceptors (Lipinski definition) is 3. The van der Waals surface area contributed by atoms with Crippen LogP contribution in [0.1, 0.15) is 0 Å². The number of aromatic nitrogens is 1. The molecule has 0 spiro atoms. The van der Waals surface area contributed by atoms with Crippen LogP contribution in [0.3, 0.4) is 0 Å². The van der Waals surface area contributed by atoms with Gasteiger partial charge in [0.1, 0.15) is 0 Å². The van der Waals surface area contributed by atoms with Crippen LogP contribution in [0.4, 0.5) is 13.2 Å². The third kappa shape index (κ3) is 7.69. The summed E-state index contributed by atoms with van der Waals surface area (Å²) in [5, 5.41) is 0.669. The van der Waals surface area contributed by atoms with Crippen LogP contribution >= 0.6 is 11.6 Å². The Morgan fingerprint density at radius 3 is 1.88 bits per heavy atom. The lowest BCUT2D eigenvalue weighted by Crippen LogP contribution is -3.00. The van der Waals surface area contributed by atoms with Crippen LogP contribution in [0.2, 0.25) is 5.15 Å². The molecule has 1 aromatic rings. The summed E-state index contributed by atoms with van der Waals surface area (Å²) in [6.07, 6.45) is 1.78. The smallest absolute Gasteiger partial charge is 0.485 e. The van der Waals surface area contributed by atoms with Crippen molar-refractivity contribution >= 4 is 21.7 Å². The summed E-state index contributed by atoms with van der Waals surface area (Å²) in [6.45, 7) is 0. The third-order valence-corrected chi connectivity index (χ3v) is 1.76. The highest BCUT2D eigenvalue weighted by Gasteiger charge is 2.36. The lowest BCUT2D eigenvalue weighted by Gasteiger charge is -2.08. The second-order valence-electron chi connectivity index (χ2n) is 2.11. The molecule has 16 heavy (non-hydrogen) atoms. The first kappa shape index (κ1) is 17.8. The van der Waals surface area contributed by atoms with E-state index in [2.05, 4.69) is 4.98 Å². The normalized spacial score (nSPS) is 10.8. The molecule has 10 heteroatoms. The van der Waals surface area contributed by atoms with E-state index in [-0.39, 0.29) is 12.4 Å². The molecule has 94 valence electrons. The number of pyridine rings is 1. The van der Waals surface area contributed by atoms with Crippen molar-refractivity contribution in [2.75, 3.05) is 0 Å². The van der Waals surface area contributed by atoms with Crippen LogP contribution in [0.25, 0.3) is 0 Å². The van der Waals surface area contributed by atoms with Gasteiger partial charge in [0.05, 0.1) is 0 Å². The van der Waals surface area contributed by atoms with E-state index in [9.17, 15) is 13.2 Å². The van der Waals surface area contributed by atoms with E-state index in [1.165, 1.54) is 0 Å². The summed E-state index contributed by atoms with van der Waals surface area (Å²) in [4.78, 5) is 2.80. The summed E-state index contributed by atoms with van der Waals surface area (Å²) in [6, 6.07) is 5.55. The van der Waals surface area contributed by atoms with Gasteiger partial charge in [0, 0.05) is 12.1 Å².